The van der Waals surface area contributed by atoms with E-state index in [-0.39, 0.29) is 36.6 Å². The van der Waals surface area contributed by atoms with Crippen molar-refractivity contribution in [1.29, 1.82) is 0 Å². The molecule has 8 heteroatoms. The number of carbonyl (C=O) groups is 2. The molecule has 0 spiro atoms. The summed E-state index contributed by atoms with van der Waals surface area (Å²) in [6, 6.07) is 3.36. The molecular formula is C21H26ClF2NO4. The highest BCUT2D eigenvalue weighted by atomic mass is 35.5. The molecule has 1 saturated heterocycles. The molecule has 29 heavy (non-hydrogen) atoms. The number of hydrogen-bond donors (Lipinski definition) is 0. The van der Waals surface area contributed by atoms with Crippen molar-refractivity contribution < 1.29 is 27.8 Å². The number of likely N-dealkylation sites (tertiary alicyclic amines) is 1. The fourth-order valence-electron chi connectivity index (χ4n) is 3.17. The van der Waals surface area contributed by atoms with Crippen LogP contribution in [0.5, 0.6) is 0 Å². The van der Waals surface area contributed by atoms with E-state index in [9.17, 15) is 18.4 Å². The van der Waals surface area contributed by atoms with Crippen LogP contribution in [0.3, 0.4) is 0 Å². The standard InChI is InChI=1S/C21H26ClF2NO4/c1-5-11-28-19-15(23)12-25(20(27)29-21(2,3)4)18(19)16(26)10-9-13-7-6-8-14(22)17(13)24/h5-8,15,18-19H,1,9-12H2,2-4H3/t15-,18+,19+/m0/s1. The van der Waals surface area contributed by atoms with Crippen LogP contribution in [0.25, 0.3) is 0 Å². The second-order valence-electron chi connectivity index (χ2n) is 7.86. The second-order valence-corrected chi connectivity index (χ2v) is 8.27. The molecule has 0 aromatic heterocycles. The summed E-state index contributed by atoms with van der Waals surface area (Å²) >= 11 is 5.77. The van der Waals surface area contributed by atoms with Gasteiger partial charge in [-0.15, -0.1) is 6.58 Å². The number of amides is 1. The quantitative estimate of drug-likeness (QED) is 0.598. The molecule has 1 heterocycles. The molecule has 0 bridgehead atoms. The van der Waals surface area contributed by atoms with Crippen molar-refractivity contribution in [3.63, 3.8) is 0 Å². The zero-order chi connectivity index (χ0) is 21.8. The van der Waals surface area contributed by atoms with Gasteiger partial charge in [0, 0.05) is 6.42 Å². The van der Waals surface area contributed by atoms with Gasteiger partial charge in [0.25, 0.3) is 0 Å². The van der Waals surface area contributed by atoms with Crippen molar-refractivity contribution in [3.8, 4) is 0 Å². The SMILES string of the molecule is C=CCO[C@H]1[C@@H](C(=O)CCc2cccc(Cl)c2F)N(C(=O)OC(C)(C)C)C[C@@H]1F. The number of aryl methyl sites for hydroxylation is 1. The van der Waals surface area contributed by atoms with E-state index >= 15 is 0 Å². The Hall–Kier alpha value is -1.99. The van der Waals surface area contributed by atoms with Crippen LogP contribution in [0.4, 0.5) is 13.6 Å². The minimum atomic E-state index is -1.56. The highest BCUT2D eigenvalue weighted by Gasteiger charge is 2.49. The largest absolute Gasteiger partial charge is 0.444 e. The number of carbonyl (C=O) groups excluding carboxylic acids is 2. The molecule has 0 unspecified atom stereocenters. The third-order valence-electron chi connectivity index (χ3n) is 4.41. The number of alkyl halides is 1. The van der Waals surface area contributed by atoms with Gasteiger partial charge in [0.15, 0.2) is 5.78 Å². The lowest BCUT2D eigenvalue weighted by molar-refractivity contribution is -0.127. The molecule has 1 aromatic rings. The molecular weight excluding hydrogens is 404 g/mol. The van der Waals surface area contributed by atoms with Crippen LogP contribution in [-0.2, 0) is 20.7 Å². The van der Waals surface area contributed by atoms with Crippen molar-refractivity contribution in [2.75, 3.05) is 13.2 Å². The topological polar surface area (TPSA) is 55.8 Å². The third-order valence-corrected chi connectivity index (χ3v) is 4.70. The minimum Gasteiger partial charge on any atom is -0.444 e. The van der Waals surface area contributed by atoms with Crippen LogP contribution < -0.4 is 0 Å². The molecule has 160 valence electrons. The van der Waals surface area contributed by atoms with Gasteiger partial charge in [-0.25, -0.2) is 13.6 Å². The van der Waals surface area contributed by atoms with Gasteiger partial charge in [-0.1, -0.05) is 29.8 Å². The van der Waals surface area contributed by atoms with Gasteiger partial charge >= 0.3 is 6.09 Å². The number of Topliss-reactive ketones (excluding diaryl/α,β-unsaturated/α-hetero) is 1. The van der Waals surface area contributed by atoms with Crippen LogP contribution in [0, 0.1) is 5.82 Å². The highest BCUT2D eigenvalue weighted by molar-refractivity contribution is 6.30. The molecule has 0 radical (unpaired) electrons. The Balaban J connectivity index is 2.20. The van der Waals surface area contributed by atoms with Gasteiger partial charge in [-0.3, -0.25) is 9.69 Å². The first-order chi connectivity index (χ1) is 13.5. The number of ether oxygens (including phenoxy) is 2. The molecule has 1 amide bonds. The summed E-state index contributed by atoms with van der Waals surface area (Å²) in [6.07, 6.45) is -2.10. The second kappa shape index (κ2) is 9.67. The first kappa shape index (κ1) is 23.3. The molecule has 0 N–H and O–H groups in total. The minimum absolute atomic E-state index is 0.0277. The van der Waals surface area contributed by atoms with Crippen LogP contribution in [0.1, 0.15) is 32.8 Å². The number of benzene rings is 1. The first-order valence-electron chi connectivity index (χ1n) is 9.37. The molecule has 1 aliphatic heterocycles. The van der Waals surface area contributed by atoms with Crippen LogP contribution in [-0.4, -0.2) is 53.8 Å². The molecule has 1 aromatic carbocycles. The van der Waals surface area contributed by atoms with E-state index in [1.165, 1.54) is 18.2 Å². The van der Waals surface area contributed by atoms with E-state index in [1.54, 1.807) is 26.8 Å². The number of nitrogens with zero attached hydrogens (tertiary/aromatic N) is 1. The predicted octanol–water partition coefficient (Wildman–Crippen LogP) is 4.51. The summed E-state index contributed by atoms with van der Waals surface area (Å²) in [5.41, 5.74) is -0.534. The first-order valence-corrected chi connectivity index (χ1v) is 9.74. The number of halogens is 3. The fraction of sp³-hybridized carbons (Fsp3) is 0.524. The summed E-state index contributed by atoms with van der Waals surface area (Å²) in [5.74, 6) is -1.04. The lowest BCUT2D eigenvalue weighted by atomic mass is 9.99. The maximum Gasteiger partial charge on any atom is 0.411 e. The monoisotopic (exact) mass is 429 g/mol. The zero-order valence-corrected chi connectivity index (χ0v) is 17.5. The Morgan fingerprint density at radius 2 is 2.07 bits per heavy atom. The van der Waals surface area contributed by atoms with Crippen LogP contribution in [0.15, 0.2) is 30.9 Å². The van der Waals surface area contributed by atoms with E-state index < -0.39 is 41.6 Å². The van der Waals surface area contributed by atoms with Crippen molar-refractivity contribution in [2.45, 2.75) is 57.5 Å². The van der Waals surface area contributed by atoms with Gasteiger partial charge < -0.3 is 9.47 Å². The number of rotatable bonds is 7. The van der Waals surface area contributed by atoms with Crippen molar-refractivity contribution in [2.24, 2.45) is 0 Å². The van der Waals surface area contributed by atoms with Gasteiger partial charge in [-0.05, 0) is 38.8 Å². The summed E-state index contributed by atoms with van der Waals surface area (Å²) in [5, 5.41) is -0.0396. The van der Waals surface area contributed by atoms with Crippen molar-refractivity contribution >= 4 is 23.5 Å². The number of hydrogen-bond acceptors (Lipinski definition) is 4. The fourth-order valence-corrected chi connectivity index (χ4v) is 3.36. The maximum absolute atomic E-state index is 14.6. The molecule has 5 nitrogen and oxygen atoms in total. The van der Waals surface area contributed by atoms with Gasteiger partial charge in [0.1, 0.15) is 29.7 Å². The van der Waals surface area contributed by atoms with Crippen molar-refractivity contribution in [1.82, 2.24) is 4.90 Å². The van der Waals surface area contributed by atoms with Crippen LogP contribution in [0.2, 0.25) is 5.02 Å². The van der Waals surface area contributed by atoms with Gasteiger partial charge in [0.2, 0.25) is 0 Å². The smallest absolute Gasteiger partial charge is 0.411 e. The molecule has 1 fully saturated rings. The predicted molar refractivity (Wildman–Crippen MR) is 106 cm³/mol. The number of ketones is 1. The average Bonchev–Trinajstić information content (AvgIpc) is 2.96. The summed E-state index contributed by atoms with van der Waals surface area (Å²) in [6.45, 7) is 8.27. The zero-order valence-electron chi connectivity index (χ0n) is 16.8. The average molecular weight is 430 g/mol. The Labute approximate surface area is 174 Å². The van der Waals surface area contributed by atoms with E-state index in [2.05, 4.69) is 6.58 Å². The van der Waals surface area contributed by atoms with E-state index in [0.717, 1.165) is 4.90 Å². The van der Waals surface area contributed by atoms with E-state index in [4.69, 9.17) is 21.1 Å². The molecule has 0 saturated carbocycles. The maximum atomic E-state index is 14.6. The Morgan fingerprint density at radius 3 is 2.69 bits per heavy atom. The van der Waals surface area contributed by atoms with E-state index in [1.807, 2.05) is 0 Å². The Kier molecular flexibility index (Phi) is 7.77. The van der Waals surface area contributed by atoms with Crippen LogP contribution >= 0.6 is 11.6 Å². The van der Waals surface area contributed by atoms with E-state index in [0.29, 0.717) is 0 Å². The Bertz CT molecular complexity index is 766. The third kappa shape index (κ3) is 6.00. The summed E-state index contributed by atoms with van der Waals surface area (Å²) in [4.78, 5) is 26.5. The van der Waals surface area contributed by atoms with Gasteiger partial charge in [-0.2, -0.15) is 0 Å². The molecule has 3 atom stereocenters. The highest BCUT2D eigenvalue weighted by Crippen LogP contribution is 2.28. The lowest BCUT2D eigenvalue weighted by Crippen LogP contribution is -2.48. The lowest BCUT2D eigenvalue weighted by Gasteiger charge is -2.29. The normalized spacial score (nSPS) is 21.9. The summed E-state index contributed by atoms with van der Waals surface area (Å²) in [7, 11) is 0. The molecule has 2 rings (SSSR count). The molecule has 0 aliphatic carbocycles. The summed E-state index contributed by atoms with van der Waals surface area (Å²) < 4.78 is 39.5. The Morgan fingerprint density at radius 1 is 1.38 bits per heavy atom. The van der Waals surface area contributed by atoms with Gasteiger partial charge in [0.05, 0.1) is 18.2 Å². The molecule has 1 aliphatic rings. The van der Waals surface area contributed by atoms with Crippen molar-refractivity contribution in [3.05, 3.63) is 47.3 Å².